The molecule has 2 aromatic rings. The lowest BCUT2D eigenvalue weighted by molar-refractivity contribution is 0.0206. The Balaban J connectivity index is 1.57. The zero-order valence-corrected chi connectivity index (χ0v) is 26.4. The highest BCUT2D eigenvalue weighted by atomic mass is 28.4. The minimum Gasteiger partial charge on any atom is -0.497 e. The molecule has 1 aliphatic heterocycles. The fraction of sp³-hybridized carbons (Fsp3) is 0.594. The molecular formula is C32H49N3O3Si. The molecule has 0 atom stereocenters. The molecule has 39 heavy (non-hydrogen) atoms. The van der Waals surface area contributed by atoms with Crippen LogP contribution in [0.5, 0.6) is 5.75 Å². The van der Waals surface area contributed by atoms with E-state index >= 15 is 0 Å². The molecule has 1 saturated heterocycles. The zero-order valence-electron chi connectivity index (χ0n) is 25.4. The van der Waals surface area contributed by atoms with Crippen LogP contribution in [0.2, 0.25) is 18.1 Å². The molecule has 1 spiro atoms. The van der Waals surface area contributed by atoms with Crippen molar-refractivity contribution >= 4 is 14.3 Å². The third kappa shape index (κ3) is 5.91. The Morgan fingerprint density at radius 3 is 2.10 bits per heavy atom. The first-order chi connectivity index (χ1) is 18.3. The van der Waals surface area contributed by atoms with E-state index in [0.717, 1.165) is 43.5 Å². The summed E-state index contributed by atoms with van der Waals surface area (Å²) in [6.07, 6.45) is 4.00. The zero-order chi connectivity index (χ0) is 28.5. The van der Waals surface area contributed by atoms with Crippen molar-refractivity contribution in [3.8, 4) is 5.75 Å². The smallest absolute Gasteiger partial charge is 0.320 e. The van der Waals surface area contributed by atoms with E-state index < -0.39 is 8.32 Å². The largest absolute Gasteiger partial charge is 0.497 e. The first-order valence-corrected chi connectivity index (χ1v) is 17.3. The average Bonchev–Trinajstić information content (AvgIpc) is 3.14. The van der Waals surface area contributed by atoms with Crippen molar-refractivity contribution in [2.75, 3.05) is 40.9 Å². The van der Waals surface area contributed by atoms with Crippen molar-refractivity contribution in [2.45, 2.75) is 82.2 Å². The van der Waals surface area contributed by atoms with Crippen LogP contribution in [0.4, 0.5) is 4.79 Å². The first kappa shape index (κ1) is 29.6. The monoisotopic (exact) mass is 551 g/mol. The van der Waals surface area contributed by atoms with E-state index in [1.54, 1.807) is 7.11 Å². The number of carbonyl (C=O) groups is 1. The number of ether oxygens (including phenoxy) is 1. The number of carbonyl (C=O) groups excluding carboxylic acids is 1. The van der Waals surface area contributed by atoms with Gasteiger partial charge in [0.2, 0.25) is 0 Å². The lowest BCUT2D eigenvalue weighted by atomic mass is 9.68. The second-order valence-electron chi connectivity index (χ2n) is 13.3. The van der Waals surface area contributed by atoms with Crippen LogP contribution in [0.15, 0.2) is 54.6 Å². The number of urea groups is 1. The minimum atomic E-state index is -1.90. The van der Waals surface area contributed by atoms with Crippen LogP contribution in [0, 0.1) is 0 Å². The van der Waals surface area contributed by atoms with E-state index in [1.165, 1.54) is 5.56 Å². The number of rotatable bonds is 9. The van der Waals surface area contributed by atoms with Crippen molar-refractivity contribution in [3.05, 3.63) is 65.7 Å². The summed E-state index contributed by atoms with van der Waals surface area (Å²) >= 11 is 0. The van der Waals surface area contributed by atoms with Gasteiger partial charge in [-0.25, -0.2) is 4.79 Å². The molecule has 4 rings (SSSR count). The number of nitrogens with zero attached hydrogens (tertiary/aromatic N) is 3. The van der Waals surface area contributed by atoms with Gasteiger partial charge in [-0.2, -0.15) is 0 Å². The average molecular weight is 552 g/mol. The van der Waals surface area contributed by atoms with Crippen LogP contribution in [0.1, 0.15) is 57.6 Å². The maximum Gasteiger partial charge on any atom is 0.320 e. The molecule has 2 aromatic carbocycles. The van der Waals surface area contributed by atoms with Crippen LogP contribution in [0.3, 0.4) is 0 Å². The van der Waals surface area contributed by atoms with Gasteiger partial charge < -0.3 is 19.0 Å². The van der Waals surface area contributed by atoms with Gasteiger partial charge in [-0.1, -0.05) is 63.2 Å². The van der Waals surface area contributed by atoms with E-state index in [-0.39, 0.29) is 22.1 Å². The summed E-state index contributed by atoms with van der Waals surface area (Å²) in [6.45, 7) is 14.0. The van der Waals surface area contributed by atoms with Gasteiger partial charge in [-0.3, -0.25) is 4.90 Å². The molecule has 6 nitrogen and oxygen atoms in total. The van der Waals surface area contributed by atoms with Crippen molar-refractivity contribution in [2.24, 2.45) is 0 Å². The summed E-state index contributed by atoms with van der Waals surface area (Å²) in [5.74, 6) is 0.834. The van der Waals surface area contributed by atoms with Gasteiger partial charge in [-0.05, 0) is 81.2 Å². The molecule has 0 bridgehead atoms. The second kappa shape index (κ2) is 11.3. The third-order valence-electron chi connectivity index (χ3n) is 9.85. The molecule has 2 amide bonds. The highest BCUT2D eigenvalue weighted by Crippen LogP contribution is 2.49. The molecule has 7 heteroatoms. The summed E-state index contributed by atoms with van der Waals surface area (Å²) in [5, 5.41) is 0.145. The van der Waals surface area contributed by atoms with Crippen LogP contribution < -0.4 is 4.74 Å². The van der Waals surface area contributed by atoms with E-state index in [2.05, 4.69) is 105 Å². The predicted octanol–water partition coefficient (Wildman–Crippen LogP) is 6.72. The highest BCUT2D eigenvalue weighted by Gasteiger charge is 2.54. The first-order valence-electron chi connectivity index (χ1n) is 14.4. The van der Waals surface area contributed by atoms with E-state index in [9.17, 15) is 4.79 Å². The third-order valence-corrected chi connectivity index (χ3v) is 14.4. The van der Waals surface area contributed by atoms with Gasteiger partial charge in [0.15, 0.2) is 8.32 Å². The fourth-order valence-corrected chi connectivity index (χ4v) is 7.23. The predicted molar refractivity (Wildman–Crippen MR) is 162 cm³/mol. The van der Waals surface area contributed by atoms with Crippen LogP contribution in [0.25, 0.3) is 0 Å². The minimum absolute atomic E-state index is 0.0116. The normalized spacial score (nSPS) is 24.2. The summed E-state index contributed by atoms with van der Waals surface area (Å²) in [5.41, 5.74) is 2.31. The molecule has 2 fully saturated rings. The van der Waals surface area contributed by atoms with Crippen molar-refractivity contribution in [3.63, 3.8) is 0 Å². The molecule has 1 heterocycles. The topological polar surface area (TPSA) is 45.2 Å². The highest BCUT2D eigenvalue weighted by molar-refractivity contribution is 6.74. The van der Waals surface area contributed by atoms with Gasteiger partial charge in [0.05, 0.1) is 19.3 Å². The van der Waals surface area contributed by atoms with E-state index in [0.29, 0.717) is 19.7 Å². The van der Waals surface area contributed by atoms with Gasteiger partial charge in [0.1, 0.15) is 5.75 Å². The van der Waals surface area contributed by atoms with Gasteiger partial charge >= 0.3 is 6.03 Å². The maximum absolute atomic E-state index is 14.0. The number of amides is 2. The summed E-state index contributed by atoms with van der Waals surface area (Å²) < 4.78 is 11.9. The quantitative estimate of drug-likeness (QED) is 0.324. The summed E-state index contributed by atoms with van der Waals surface area (Å²) in [4.78, 5) is 20.6. The molecule has 0 N–H and O–H groups in total. The molecular weight excluding hydrogens is 502 g/mol. The van der Waals surface area contributed by atoms with Crippen LogP contribution in [-0.2, 0) is 16.5 Å². The Bertz CT molecular complexity index is 1100. The Morgan fingerprint density at radius 1 is 0.949 bits per heavy atom. The lowest BCUT2D eigenvalue weighted by Gasteiger charge is -2.51. The Labute approximate surface area is 237 Å². The van der Waals surface area contributed by atoms with Gasteiger partial charge in [0.25, 0.3) is 0 Å². The maximum atomic E-state index is 14.0. The summed E-state index contributed by atoms with van der Waals surface area (Å²) in [7, 11) is 4.18. The number of benzene rings is 2. The molecule has 1 saturated carbocycles. The number of hydrogen-bond donors (Lipinski definition) is 0. The van der Waals surface area contributed by atoms with Crippen LogP contribution >= 0.6 is 0 Å². The number of hydrogen-bond acceptors (Lipinski definition) is 4. The molecule has 214 valence electrons. The lowest BCUT2D eigenvalue weighted by Crippen LogP contribution is -2.56. The van der Waals surface area contributed by atoms with Crippen molar-refractivity contribution in [1.29, 1.82) is 0 Å². The fourth-order valence-electron chi connectivity index (χ4n) is 6.20. The second-order valence-corrected chi connectivity index (χ2v) is 18.1. The van der Waals surface area contributed by atoms with Crippen molar-refractivity contribution in [1.82, 2.24) is 14.7 Å². The van der Waals surface area contributed by atoms with Crippen molar-refractivity contribution < 1.29 is 14.0 Å². The van der Waals surface area contributed by atoms with E-state index in [4.69, 9.17) is 9.16 Å². The van der Waals surface area contributed by atoms with Gasteiger partial charge in [-0.15, -0.1) is 0 Å². The summed E-state index contributed by atoms with van der Waals surface area (Å²) in [6, 6.07) is 19.1. The molecule has 1 aliphatic carbocycles. The Kier molecular flexibility index (Phi) is 8.55. The Morgan fingerprint density at radius 2 is 1.56 bits per heavy atom. The standard InChI is InChI=1S/C32H49N3O3Si/c1-30(2,3)39(7,8)38-23-22-35-29(36)34(24-26-14-16-28(37-6)17-15-26)25-31(35)18-20-32(21-19-31,33(4)5)27-12-10-9-11-13-27/h9-17H,18-25H2,1-8H3. The van der Waals surface area contributed by atoms with Crippen LogP contribution in [-0.4, -0.2) is 75.5 Å². The van der Waals surface area contributed by atoms with Gasteiger partial charge in [0, 0.05) is 25.2 Å². The SMILES string of the molecule is COc1ccc(CN2CC3(CCC(c4ccccc4)(N(C)C)CC3)N(CCO[Si](C)(C)C(C)(C)C)C2=O)cc1. The molecule has 0 aromatic heterocycles. The molecule has 0 unspecified atom stereocenters. The Hall–Kier alpha value is -2.35. The van der Waals surface area contributed by atoms with E-state index in [1.807, 2.05) is 12.1 Å². The number of methoxy groups -OCH3 is 1. The molecule has 0 radical (unpaired) electrons. The molecule has 2 aliphatic rings.